The molecule has 1 aromatic rings. The molecule has 0 saturated carbocycles. The number of rotatable bonds is 3. The number of carbonyl (C=O) groups excluding carboxylic acids is 2. The molecular formula is C10H7F2NO5S. The van der Waals surface area contributed by atoms with E-state index in [0.717, 1.165) is 18.2 Å². The van der Waals surface area contributed by atoms with Crippen LogP contribution in [0.3, 0.4) is 0 Å². The lowest BCUT2D eigenvalue weighted by Gasteiger charge is -2.13. The van der Waals surface area contributed by atoms with E-state index in [4.69, 9.17) is 0 Å². The number of hydroxylamine groups is 2. The van der Waals surface area contributed by atoms with Gasteiger partial charge >= 0.3 is 10.1 Å². The molecule has 1 fully saturated rings. The first-order valence-electron chi connectivity index (χ1n) is 5.07. The first-order chi connectivity index (χ1) is 8.83. The number of amides is 2. The van der Waals surface area contributed by atoms with Crippen molar-refractivity contribution < 1.29 is 31.1 Å². The van der Waals surface area contributed by atoms with E-state index in [1.165, 1.54) is 0 Å². The van der Waals surface area contributed by atoms with E-state index in [1.807, 2.05) is 0 Å². The fourth-order valence-corrected chi connectivity index (χ4v) is 2.46. The van der Waals surface area contributed by atoms with E-state index in [-0.39, 0.29) is 17.9 Å². The molecule has 1 aliphatic rings. The minimum absolute atomic E-state index is 0.0413. The Morgan fingerprint density at radius 1 is 1.11 bits per heavy atom. The maximum absolute atomic E-state index is 13.3. The smallest absolute Gasteiger partial charge is 0.272 e. The van der Waals surface area contributed by atoms with Crippen molar-refractivity contribution in [1.82, 2.24) is 5.06 Å². The van der Waals surface area contributed by atoms with Gasteiger partial charge in [0.1, 0.15) is 4.90 Å². The van der Waals surface area contributed by atoms with Crippen molar-refractivity contribution in [3.05, 3.63) is 29.8 Å². The number of hydrogen-bond acceptors (Lipinski definition) is 5. The van der Waals surface area contributed by atoms with Crippen LogP contribution in [-0.4, -0.2) is 25.3 Å². The maximum atomic E-state index is 13.3. The van der Waals surface area contributed by atoms with Gasteiger partial charge in [-0.05, 0) is 12.1 Å². The van der Waals surface area contributed by atoms with Gasteiger partial charge in [0.2, 0.25) is 0 Å². The van der Waals surface area contributed by atoms with Gasteiger partial charge in [-0.15, -0.1) is 9.35 Å². The highest BCUT2D eigenvalue weighted by Gasteiger charge is 2.36. The van der Waals surface area contributed by atoms with Gasteiger partial charge in [0.15, 0.2) is 11.6 Å². The normalized spacial score (nSPS) is 16.2. The Morgan fingerprint density at radius 3 is 2.26 bits per heavy atom. The summed E-state index contributed by atoms with van der Waals surface area (Å²) in [4.78, 5) is 21.3. The van der Waals surface area contributed by atoms with Crippen LogP contribution >= 0.6 is 0 Å². The molecule has 19 heavy (non-hydrogen) atoms. The van der Waals surface area contributed by atoms with Gasteiger partial charge in [-0.3, -0.25) is 9.59 Å². The molecule has 1 aromatic carbocycles. The molecule has 2 amide bonds. The van der Waals surface area contributed by atoms with Crippen molar-refractivity contribution in [2.75, 3.05) is 0 Å². The summed E-state index contributed by atoms with van der Waals surface area (Å²) in [6.45, 7) is 0. The van der Waals surface area contributed by atoms with Crippen LogP contribution in [0.25, 0.3) is 0 Å². The Labute approximate surface area is 106 Å². The van der Waals surface area contributed by atoms with E-state index in [2.05, 4.69) is 4.28 Å². The summed E-state index contributed by atoms with van der Waals surface area (Å²) in [5.41, 5.74) is 0. The van der Waals surface area contributed by atoms with Gasteiger partial charge in [0.25, 0.3) is 11.8 Å². The predicted molar refractivity (Wildman–Crippen MR) is 55.7 cm³/mol. The summed E-state index contributed by atoms with van der Waals surface area (Å²) in [6, 6.07) is 2.45. The minimum Gasteiger partial charge on any atom is -0.272 e. The molecule has 0 N–H and O–H groups in total. The van der Waals surface area contributed by atoms with Gasteiger partial charge in [-0.2, -0.15) is 8.42 Å². The van der Waals surface area contributed by atoms with Crippen molar-refractivity contribution in [3.63, 3.8) is 0 Å². The van der Waals surface area contributed by atoms with Crippen LogP contribution in [0, 0.1) is 11.6 Å². The highest BCUT2D eigenvalue weighted by molar-refractivity contribution is 7.86. The minimum atomic E-state index is -4.79. The number of nitrogens with zero attached hydrogens (tertiary/aromatic N) is 1. The third-order valence-electron chi connectivity index (χ3n) is 2.36. The number of halogens is 2. The van der Waals surface area contributed by atoms with Crippen molar-refractivity contribution in [1.29, 1.82) is 0 Å². The summed E-state index contributed by atoms with van der Waals surface area (Å²) in [5, 5.41) is 0.0413. The topological polar surface area (TPSA) is 80.8 Å². The van der Waals surface area contributed by atoms with Gasteiger partial charge < -0.3 is 0 Å². The number of carbonyl (C=O) groups is 2. The second-order valence-electron chi connectivity index (χ2n) is 3.66. The number of hydrogen-bond donors (Lipinski definition) is 0. The molecule has 0 spiro atoms. The summed E-state index contributed by atoms with van der Waals surface area (Å²) < 4.78 is 53.9. The third kappa shape index (κ3) is 2.47. The molecule has 6 nitrogen and oxygen atoms in total. The first-order valence-corrected chi connectivity index (χ1v) is 6.48. The zero-order valence-corrected chi connectivity index (χ0v) is 10.1. The highest BCUT2D eigenvalue weighted by Crippen LogP contribution is 2.22. The zero-order valence-electron chi connectivity index (χ0n) is 9.30. The van der Waals surface area contributed by atoms with Crippen molar-refractivity contribution in [2.45, 2.75) is 17.7 Å². The fraction of sp³-hybridized carbons (Fsp3) is 0.200. The monoisotopic (exact) mass is 291 g/mol. The molecule has 0 aromatic heterocycles. The standard InChI is InChI=1S/C10H7F2NO5S/c11-6-2-1-3-7(10(6)12)19(16,17)18-13-8(14)4-5-9(13)15/h1-3H,4-5H2. The Morgan fingerprint density at radius 2 is 1.68 bits per heavy atom. The van der Waals surface area contributed by atoms with Gasteiger partial charge in [0, 0.05) is 12.8 Å². The van der Waals surface area contributed by atoms with E-state index in [0.29, 0.717) is 0 Å². The first kappa shape index (κ1) is 13.6. The SMILES string of the molecule is O=C1CCC(=O)N1OS(=O)(=O)c1cccc(F)c1F. The van der Waals surface area contributed by atoms with Crippen LogP contribution < -0.4 is 0 Å². The lowest BCUT2D eigenvalue weighted by Crippen LogP contribution is -2.32. The second-order valence-corrected chi connectivity index (χ2v) is 5.16. The van der Waals surface area contributed by atoms with E-state index in [1.54, 1.807) is 0 Å². The molecule has 0 aliphatic carbocycles. The van der Waals surface area contributed by atoms with Gasteiger partial charge in [-0.1, -0.05) is 6.07 Å². The van der Waals surface area contributed by atoms with E-state index < -0.39 is 38.5 Å². The molecular weight excluding hydrogens is 284 g/mol. The van der Waals surface area contributed by atoms with E-state index in [9.17, 15) is 26.8 Å². The zero-order chi connectivity index (χ0) is 14.2. The Bertz CT molecular complexity index is 642. The molecule has 1 heterocycles. The van der Waals surface area contributed by atoms with Crippen molar-refractivity contribution in [3.8, 4) is 0 Å². The summed E-state index contributed by atoms with van der Waals surface area (Å²) in [7, 11) is -4.79. The second kappa shape index (κ2) is 4.67. The molecule has 9 heteroatoms. The van der Waals surface area contributed by atoms with Crippen LogP contribution in [0.15, 0.2) is 23.1 Å². The van der Waals surface area contributed by atoms with Crippen LogP contribution in [0.1, 0.15) is 12.8 Å². The van der Waals surface area contributed by atoms with Crippen molar-refractivity contribution in [2.24, 2.45) is 0 Å². The maximum Gasteiger partial charge on any atom is 0.321 e. The summed E-state index contributed by atoms with van der Waals surface area (Å²) >= 11 is 0. The Balaban J connectivity index is 2.36. The summed E-state index contributed by atoms with van der Waals surface area (Å²) in [5.74, 6) is -4.74. The Hall–Kier alpha value is -1.87. The highest BCUT2D eigenvalue weighted by atomic mass is 32.2. The number of benzene rings is 1. The van der Waals surface area contributed by atoms with Crippen LogP contribution in [0.4, 0.5) is 8.78 Å². The molecule has 0 bridgehead atoms. The average molecular weight is 291 g/mol. The Kier molecular flexibility index (Phi) is 3.33. The third-order valence-corrected chi connectivity index (χ3v) is 3.56. The van der Waals surface area contributed by atoms with E-state index >= 15 is 0 Å². The fourth-order valence-electron chi connectivity index (χ4n) is 1.45. The molecule has 0 unspecified atom stereocenters. The van der Waals surface area contributed by atoms with Crippen LogP contribution in [0.5, 0.6) is 0 Å². The number of imide groups is 1. The summed E-state index contributed by atoms with van der Waals surface area (Å²) in [6.07, 6.45) is -0.389. The van der Waals surface area contributed by atoms with Gasteiger partial charge in [-0.25, -0.2) is 8.78 Å². The largest absolute Gasteiger partial charge is 0.321 e. The molecule has 0 atom stereocenters. The molecule has 1 saturated heterocycles. The van der Waals surface area contributed by atoms with Crippen LogP contribution in [0.2, 0.25) is 0 Å². The molecule has 1 aliphatic heterocycles. The average Bonchev–Trinajstić information content (AvgIpc) is 2.64. The lowest BCUT2D eigenvalue weighted by atomic mass is 10.3. The lowest BCUT2D eigenvalue weighted by molar-refractivity contribution is -0.163. The van der Waals surface area contributed by atoms with Crippen LogP contribution in [-0.2, 0) is 24.0 Å². The quantitative estimate of drug-likeness (QED) is 0.767. The molecule has 0 radical (unpaired) electrons. The molecule has 2 rings (SSSR count). The predicted octanol–water partition coefficient (Wildman–Crippen LogP) is 0.734. The molecule has 102 valence electrons. The van der Waals surface area contributed by atoms with Gasteiger partial charge in [0.05, 0.1) is 0 Å². The van der Waals surface area contributed by atoms with Crippen molar-refractivity contribution >= 4 is 21.9 Å².